The van der Waals surface area contributed by atoms with Crippen LogP contribution >= 0.6 is 0 Å². The summed E-state index contributed by atoms with van der Waals surface area (Å²) in [5.74, 6) is -0.332. The van der Waals surface area contributed by atoms with Crippen LogP contribution in [0.2, 0.25) is 0 Å². The first-order chi connectivity index (χ1) is 13.8. The minimum absolute atomic E-state index is 0.0115. The molecule has 0 atom stereocenters. The number of aromatic amines is 1. The van der Waals surface area contributed by atoms with Gasteiger partial charge in [-0.2, -0.15) is 4.57 Å². The minimum atomic E-state index is -0.685. The predicted molar refractivity (Wildman–Crippen MR) is 111 cm³/mol. The van der Waals surface area contributed by atoms with Crippen molar-refractivity contribution in [2.45, 2.75) is 46.7 Å². The van der Waals surface area contributed by atoms with Crippen molar-refractivity contribution in [1.82, 2.24) is 9.55 Å². The van der Waals surface area contributed by atoms with Crippen molar-refractivity contribution in [3.05, 3.63) is 50.4 Å². The number of amides is 1. The topological polar surface area (TPSA) is 114 Å². The van der Waals surface area contributed by atoms with Gasteiger partial charge < -0.3 is 10.5 Å². The lowest BCUT2D eigenvalue weighted by Crippen LogP contribution is -2.50. The second-order valence-corrected chi connectivity index (χ2v) is 6.94. The molecule has 0 bridgehead atoms. The summed E-state index contributed by atoms with van der Waals surface area (Å²) >= 11 is 0. The lowest BCUT2D eigenvalue weighted by Gasteiger charge is -2.23. The molecule has 0 spiro atoms. The summed E-state index contributed by atoms with van der Waals surface area (Å²) in [5, 5.41) is 0. The molecule has 0 radical (unpaired) electrons. The number of ether oxygens (including phenoxy) is 1. The summed E-state index contributed by atoms with van der Waals surface area (Å²) in [4.78, 5) is 41.5. The molecule has 0 saturated carbocycles. The number of hydrogen-bond donors (Lipinski definition) is 2. The molecule has 2 aromatic rings. The maximum absolute atomic E-state index is 13.2. The molecule has 9 heteroatoms. The van der Waals surface area contributed by atoms with Crippen LogP contribution in [0.4, 0.5) is 11.5 Å². The van der Waals surface area contributed by atoms with Crippen LogP contribution in [0.1, 0.15) is 31.0 Å². The normalized spacial score (nSPS) is 10.9. The maximum Gasteiger partial charge on any atom is 0.330 e. The number of aromatic nitrogens is 3. The number of anilines is 2. The largest absolute Gasteiger partial charge is 0.383 e. The van der Waals surface area contributed by atoms with Crippen LogP contribution in [0, 0.1) is 13.8 Å². The number of hydrogen-bond acceptors (Lipinski definition) is 5. The molecule has 2 heterocycles. The number of nitrogens with zero attached hydrogens (tertiary/aromatic N) is 3. The molecule has 2 aromatic heterocycles. The Morgan fingerprint density at radius 1 is 1.34 bits per heavy atom. The highest BCUT2D eigenvalue weighted by molar-refractivity contribution is 5.94. The Morgan fingerprint density at radius 3 is 2.72 bits per heavy atom. The van der Waals surface area contributed by atoms with Crippen molar-refractivity contribution in [1.29, 1.82) is 0 Å². The van der Waals surface area contributed by atoms with Crippen molar-refractivity contribution < 1.29 is 14.1 Å². The third-order valence-electron chi connectivity index (χ3n) is 4.96. The fourth-order valence-electron chi connectivity index (χ4n) is 3.07. The van der Waals surface area contributed by atoms with E-state index >= 15 is 0 Å². The van der Waals surface area contributed by atoms with Crippen molar-refractivity contribution in [3.8, 4) is 0 Å². The first kappa shape index (κ1) is 22.4. The van der Waals surface area contributed by atoms with Crippen molar-refractivity contribution in [3.63, 3.8) is 0 Å². The molecule has 0 aliphatic carbocycles. The van der Waals surface area contributed by atoms with Gasteiger partial charge in [-0.3, -0.25) is 24.0 Å². The van der Waals surface area contributed by atoms with Crippen molar-refractivity contribution in [2.75, 3.05) is 30.9 Å². The van der Waals surface area contributed by atoms with Crippen LogP contribution < -0.4 is 26.4 Å². The van der Waals surface area contributed by atoms with Crippen LogP contribution in [0.3, 0.4) is 0 Å². The fraction of sp³-hybridized carbons (Fsp3) is 0.500. The summed E-state index contributed by atoms with van der Waals surface area (Å²) in [6.45, 7) is 6.63. The zero-order valence-corrected chi connectivity index (χ0v) is 17.5. The van der Waals surface area contributed by atoms with Crippen LogP contribution in [0.5, 0.6) is 0 Å². The number of nitrogens with one attached hydrogen (secondary N) is 1. The van der Waals surface area contributed by atoms with E-state index in [1.807, 2.05) is 43.7 Å². The van der Waals surface area contributed by atoms with E-state index in [4.69, 9.17) is 10.5 Å². The number of rotatable bonds is 9. The zero-order valence-electron chi connectivity index (χ0n) is 17.5. The summed E-state index contributed by atoms with van der Waals surface area (Å²) in [6, 6.07) is 3.83. The molecule has 0 aliphatic rings. The van der Waals surface area contributed by atoms with Crippen LogP contribution in [0.15, 0.2) is 27.9 Å². The van der Waals surface area contributed by atoms with E-state index in [9.17, 15) is 14.4 Å². The minimum Gasteiger partial charge on any atom is -0.383 e. The Labute approximate surface area is 169 Å². The summed E-state index contributed by atoms with van der Waals surface area (Å²) in [6.07, 6.45) is 3.39. The van der Waals surface area contributed by atoms with Crippen LogP contribution in [0.25, 0.3) is 0 Å². The van der Waals surface area contributed by atoms with Gasteiger partial charge >= 0.3 is 5.69 Å². The van der Waals surface area contributed by atoms with Gasteiger partial charge in [0.05, 0.1) is 6.61 Å². The second kappa shape index (κ2) is 10.0. The third kappa shape index (κ3) is 5.11. The predicted octanol–water partition coefficient (Wildman–Crippen LogP) is 0.503. The number of nitrogens with two attached hydrogens (primary N) is 1. The molecule has 158 valence electrons. The van der Waals surface area contributed by atoms with E-state index in [0.29, 0.717) is 6.54 Å². The molecule has 0 aliphatic heterocycles. The van der Waals surface area contributed by atoms with Gasteiger partial charge in [0, 0.05) is 38.8 Å². The number of H-pyrrole nitrogens is 1. The van der Waals surface area contributed by atoms with Crippen molar-refractivity contribution in [2.24, 2.45) is 0 Å². The number of methoxy groups -OCH3 is 1. The van der Waals surface area contributed by atoms with Gasteiger partial charge in [0.2, 0.25) is 6.54 Å². The van der Waals surface area contributed by atoms with Gasteiger partial charge in [-0.15, -0.1) is 0 Å². The number of carbonyl (C=O) groups excluding carboxylic acids is 1. The number of pyridine rings is 1. The third-order valence-corrected chi connectivity index (χ3v) is 4.96. The van der Waals surface area contributed by atoms with Gasteiger partial charge in [0.15, 0.2) is 17.6 Å². The van der Waals surface area contributed by atoms with E-state index in [-0.39, 0.29) is 37.1 Å². The number of aryl methyl sites for hydroxylation is 1. The quantitative estimate of drug-likeness (QED) is 0.591. The highest BCUT2D eigenvalue weighted by Gasteiger charge is 2.27. The molecule has 1 amide bonds. The van der Waals surface area contributed by atoms with E-state index in [0.717, 1.165) is 24.1 Å². The molecule has 9 nitrogen and oxygen atoms in total. The molecular formula is C20H30N5O4+. The Bertz CT molecular complexity index is 980. The van der Waals surface area contributed by atoms with Crippen molar-refractivity contribution >= 4 is 17.4 Å². The number of nitrogen functional groups attached to an aromatic ring is 1. The smallest absolute Gasteiger partial charge is 0.330 e. The highest BCUT2D eigenvalue weighted by atomic mass is 16.5. The van der Waals surface area contributed by atoms with Gasteiger partial charge in [-0.25, -0.2) is 4.79 Å². The molecular weight excluding hydrogens is 374 g/mol. The Kier molecular flexibility index (Phi) is 7.72. The Hall–Kier alpha value is -2.94. The lowest BCUT2D eigenvalue weighted by atomic mass is 10.2. The molecule has 0 unspecified atom stereocenters. The molecule has 3 N–H and O–H groups in total. The highest BCUT2D eigenvalue weighted by Crippen LogP contribution is 2.17. The average molecular weight is 404 g/mol. The van der Waals surface area contributed by atoms with Crippen LogP contribution in [-0.2, 0) is 22.6 Å². The van der Waals surface area contributed by atoms with E-state index in [1.54, 1.807) is 0 Å². The first-order valence-electron chi connectivity index (χ1n) is 9.69. The SMILES string of the molecule is CCCCn1c(N)c(N(CCOC)C(=O)C[n+]2cccc(C)c2C)c(=O)[nH]c1=O. The van der Waals surface area contributed by atoms with E-state index < -0.39 is 11.2 Å². The molecule has 0 saturated heterocycles. The maximum atomic E-state index is 13.2. The average Bonchev–Trinajstić information content (AvgIpc) is 2.67. The molecule has 0 fully saturated rings. The monoisotopic (exact) mass is 404 g/mol. The van der Waals surface area contributed by atoms with Gasteiger partial charge in [-0.1, -0.05) is 13.3 Å². The summed E-state index contributed by atoms with van der Waals surface area (Å²) in [7, 11) is 1.51. The standard InChI is InChI=1S/C20H29N5O4/c1-5-6-10-25-18(21)17(19(27)22-20(25)28)24(11-12-29-4)16(26)13-23-9-7-8-14(2)15(23)3/h7-9H,5-6,10-13H2,1-4H3,(H2-,21,22,27,28)/p+1. The summed E-state index contributed by atoms with van der Waals surface area (Å²) in [5.41, 5.74) is 6.90. The van der Waals surface area contributed by atoms with E-state index in [1.165, 1.54) is 16.6 Å². The molecule has 29 heavy (non-hydrogen) atoms. The van der Waals surface area contributed by atoms with Gasteiger partial charge in [0.25, 0.3) is 11.5 Å². The Balaban J connectivity index is 2.49. The first-order valence-corrected chi connectivity index (χ1v) is 9.69. The molecule has 2 rings (SSSR count). The number of carbonyl (C=O) groups is 1. The fourth-order valence-corrected chi connectivity index (χ4v) is 3.07. The number of unbranched alkanes of at least 4 members (excludes halogenated alkanes) is 1. The van der Waals surface area contributed by atoms with E-state index in [2.05, 4.69) is 4.98 Å². The zero-order chi connectivity index (χ0) is 21.6. The summed E-state index contributed by atoms with van der Waals surface area (Å²) < 4.78 is 8.23. The van der Waals surface area contributed by atoms with Crippen LogP contribution in [-0.4, -0.2) is 35.7 Å². The van der Waals surface area contributed by atoms with Gasteiger partial charge in [-0.05, 0) is 19.4 Å². The van der Waals surface area contributed by atoms with Gasteiger partial charge in [0.1, 0.15) is 5.82 Å². The lowest BCUT2D eigenvalue weighted by molar-refractivity contribution is -0.690. The second-order valence-electron chi connectivity index (χ2n) is 6.94. The molecule has 0 aromatic carbocycles. The Morgan fingerprint density at radius 2 is 2.07 bits per heavy atom.